The lowest BCUT2D eigenvalue weighted by molar-refractivity contribution is 0.0945. The number of aromatic nitrogens is 2. The molecule has 0 radical (unpaired) electrons. The number of likely N-dealkylation sites (N-methyl/N-ethyl adjacent to an activating group) is 1. The first-order chi connectivity index (χ1) is 12.1. The quantitative estimate of drug-likeness (QED) is 0.817. The Morgan fingerprint density at radius 2 is 1.92 bits per heavy atom. The Bertz CT molecular complexity index is 734. The first kappa shape index (κ1) is 17.0. The highest BCUT2D eigenvalue weighted by atomic mass is 16.6. The van der Waals surface area contributed by atoms with Gasteiger partial charge in [-0.3, -0.25) is 4.79 Å². The molecule has 0 unspecified atom stereocenters. The van der Waals surface area contributed by atoms with Crippen LogP contribution in [-0.4, -0.2) is 61.4 Å². The van der Waals surface area contributed by atoms with Gasteiger partial charge in [0.15, 0.2) is 23.0 Å². The van der Waals surface area contributed by atoms with E-state index in [2.05, 4.69) is 20.8 Å². The summed E-state index contributed by atoms with van der Waals surface area (Å²) in [5.41, 5.74) is 1.09. The number of rotatable bonds is 6. The predicted octanol–water partition coefficient (Wildman–Crippen LogP) is 1.28. The zero-order chi connectivity index (χ0) is 17.6. The number of fused-ring (bicyclic) bond motifs is 1. The van der Waals surface area contributed by atoms with Crippen LogP contribution < -0.4 is 20.1 Å². The number of amides is 1. The number of nitrogens with zero attached hydrogens (tertiary/aromatic N) is 3. The summed E-state index contributed by atoms with van der Waals surface area (Å²) in [6.07, 6.45) is 0. The average molecular weight is 343 g/mol. The maximum atomic E-state index is 12.0. The van der Waals surface area contributed by atoms with E-state index in [1.54, 1.807) is 12.1 Å². The molecule has 0 aliphatic carbocycles. The summed E-state index contributed by atoms with van der Waals surface area (Å²) in [6, 6.07) is 8.91. The molecular formula is C17H21N5O3. The fraction of sp³-hybridized carbons (Fsp3) is 0.353. The van der Waals surface area contributed by atoms with Crippen LogP contribution in [0.25, 0.3) is 0 Å². The Morgan fingerprint density at radius 3 is 2.64 bits per heavy atom. The summed E-state index contributed by atoms with van der Waals surface area (Å²) in [6.45, 7) is 2.42. The van der Waals surface area contributed by atoms with Gasteiger partial charge >= 0.3 is 0 Å². The van der Waals surface area contributed by atoms with Crippen LogP contribution in [-0.2, 0) is 0 Å². The van der Waals surface area contributed by atoms with Crippen molar-refractivity contribution < 1.29 is 14.3 Å². The molecule has 2 aromatic rings. The zero-order valence-electron chi connectivity index (χ0n) is 14.3. The van der Waals surface area contributed by atoms with Crippen molar-refractivity contribution in [3.63, 3.8) is 0 Å². The van der Waals surface area contributed by atoms with Crippen molar-refractivity contribution in [2.75, 3.05) is 45.7 Å². The summed E-state index contributed by atoms with van der Waals surface area (Å²) in [7, 11) is 3.90. The minimum absolute atomic E-state index is 0.236. The second-order valence-corrected chi connectivity index (χ2v) is 5.85. The SMILES string of the molecule is CN(C)CCNC(=O)c1ccc(Nc2ccc3c(c2)OCCO3)nn1. The summed E-state index contributed by atoms with van der Waals surface area (Å²) < 4.78 is 11.0. The molecule has 1 aromatic carbocycles. The van der Waals surface area contributed by atoms with Crippen molar-refractivity contribution in [2.24, 2.45) is 0 Å². The van der Waals surface area contributed by atoms with E-state index < -0.39 is 0 Å². The normalized spacial score (nSPS) is 12.8. The zero-order valence-corrected chi connectivity index (χ0v) is 14.3. The van der Waals surface area contributed by atoms with Crippen molar-refractivity contribution in [3.8, 4) is 11.5 Å². The van der Waals surface area contributed by atoms with Gasteiger partial charge in [-0.25, -0.2) is 0 Å². The Kier molecular flexibility index (Phi) is 5.30. The van der Waals surface area contributed by atoms with Crippen molar-refractivity contribution >= 4 is 17.4 Å². The molecule has 25 heavy (non-hydrogen) atoms. The number of anilines is 2. The van der Waals surface area contributed by atoms with E-state index in [4.69, 9.17) is 9.47 Å². The van der Waals surface area contributed by atoms with Gasteiger partial charge in [0.05, 0.1) is 0 Å². The fourth-order valence-corrected chi connectivity index (χ4v) is 2.27. The fourth-order valence-electron chi connectivity index (χ4n) is 2.27. The molecule has 0 fully saturated rings. The van der Waals surface area contributed by atoms with Crippen LogP contribution in [0.4, 0.5) is 11.5 Å². The standard InChI is InChI=1S/C17H21N5O3/c1-22(2)8-7-18-17(23)13-4-6-16(21-20-13)19-12-3-5-14-15(11-12)25-10-9-24-14/h3-6,11H,7-10H2,1-2H3,(H,18,23)(H,19,21). The van der Waals surface area contributed by atoms with Crippen LogP contribution in [0.1, 0.15) is 10.5 Å². The lowest BCUT2D eigenvalue weighted by Crippen LogP contribution is -2.31. The van der Waals surface area contributed by atoms with Gasteiger partial charge in [-0.2, -0.15) is 0 Å². The van der Waals surface area contributed by atoms with E-state index >= 15 is 0 Å². The van der Waals surface area contributed by atoms with Crippen LogP contribution in [0.15, 0.2) is 30.3 Å². The van der Waals surface area contributed by atoms with Crippen molar-refractivity contribution in [1.29, 1.82) is 0 Å². The largest absolute Gasteiger partial charge is 0.486 e. The number of ether oxygens (including phenoxy) is 2. The number of carbonyl (C=O) groups is 1. The first-order valence-corrected chi connectivity index (χ1v) is 8.05. The van der Waals surface area contributed by atoms with Gasteiger partial charge in [-0.1, -0.05) is 0 Å². The first-order valence-electron chi connectivity index (χ1n) is 8.05. The van der Waals surface area contributed by atoms with Crippen LogP contribution in [0.2, 0.25) is 0 Å². The van der Waals surface area contributed by atoms with E-state index in [1.807, 2.05) is 37.2 Å². The molecular weight excluding hydrogens is 322 g/mol. The third-order valence-corrected chi connectivity index (χ3v) is 3.56. The topological polar surface area (TPSA) is 88.6 Å². The van der Waals surface area contributed by atoms with Crippen molar-refractivity contribution in [1.82, 2.24) is 20.4 Å². The van der Waals surface area contributed by atoms with Crippen molar-refractivity contribution in [3.05, 3.63) is 36.0 Å². The van der Waals surface area contributed by atoms with Gasteiger partial charge in [0.2, 0.25) is 0 Å². The molecule has 1 amide bonds. The maximum absolute atomic E-state index is 12.0. The summed E-state index contributed by atoms with van der Waals surface area (Å²) >= 11 is 0. The number of hydrogen-bond acceptors (Lipinski definition) is 7. The Balaban J connectivity index is 1.60. The highest BCUT2D eigenvalue weighted by Crippen LogP contribution is 2.33. The molecule has 1 aliphatic rings. The second kappa shape index (κ2) is 7.80. The second-order valence-electron chi connectivity index (χ2n) is 5.85. The van der Waals surface area contributed by atoms with Gasteiger partial charge in [0, 0.05) is 24.8 Å². The summed E-state index contributed by atoms with van der Waals surface area (Å²) in [5, 5.41) is 13.9. The predicted molar refractivity (Wildman–Crippen MR) is 93.6 cm³/mol. The lowest BCUT2D eigenvalue weighted by atomic mass is 10.2. The Hall–Kier alpha value is -2.87. The Morgan fingerprint density at radius 1 is 1.12 bits per heavy atom. The Labute approximate surface area is 146 Å². The van der Waals surface area contributed by atoms with Gasteiger partial charge < -0.3 is 25.0 Å². The van der Waals surface area contributed by atoms with Gasteiger partial charge in [0.25, 0.3) is 5.91 Å². The number of hydrogen-bond donors (Lipinski definition) is 2. The number of nitrogens with one attached hydrogen (secondary N) is 2. The molecule has 8 heteroatoms. The van der Waals surface area contributed by atoms with Crippen LogP contribution >= 0.6 is 0 Å². The minimum atomic E-state index is -0.236. The molecule has 0 saturated heterocycles. The molecule has 1 aliphatic heterocycles. The molecule has 2 heterocycles. The molecule has 0 saturated carbocycles. The number of benzene rings is 1. The van der Waals surface area contributed by atoms with Crippen molar-refractivity contribution in [2.45, 2.75) is 0 Å². The molecule has 8 nitrogen and oxygen atoms in total. The molecule has 1 aromatic heterocycles. The van der Waals surface area contributed by atoms with E-state index in [0.717, 1.165) is 18.0 Å². The summed E-state index contributed by atoms with van der Waals surface area (Å²) in [5.74, 6) is 1.73. The molecule has 0 bridgehead atoms. The molecule has 2 N–H and O–H groups in total. The van der Waals surface area contributed by atoms with Crippen LogP contribution in [0.5, 0.6) is 11.5 Å². The van der Waals surface area contributed by atoms with E-state index in [-0.39, 0.29) is 11.6 Å². The molecule has 3 rings (SSSR count). The molecule has 0 atom stereocenters. The minimum Gasteiger partial charge on any atom is -0.486 e. The van der Waals surface area contributed by atoms with Crippen LogP contribution in [0, 0.1) is 0 Å². The number of carbonyl (C=O) groups excluding carboxylic acids is 1. The smallest absolute Gasteiger partial charge is 0.271 e. The third kappa shape index (κ3) is 4.57. The third-order valence-electron chi connectivity index (χ3n) is 3.56. The molecule has 0 spiro atoms. The van der Waals surface area contributed by atoms with Crippen LogP contribution in [0.3, 0.4) is 0 Å². The highest BCUT2D eigenvalue weighted by Gasteiger charge is 2.12. The summed E-state index contributed by atoms with van der Waals surface area (Å²) in [4.78, 5) is 14.0. The lowest BCUT2D eigenvalue weighted by Gasteiger charge is -2.19. The van der Waals surface area contributed by atoms with Gasteiger partial charge in [-0.15, -0.1) is 10.2 Å². The monoisotopic (exact) mass is 343 g/mol. The average Bonchev–Trinajstić information content (AvgIpc) is 2.62. The highest BCUT2D eigenvalue weighted by molar-refractivity contribution is 5.92. The maximum Gasteiger partial charge on any atom is 0.271 e. The van der Waals surface area contributed by atoms with E-state index in [9.17, 15) is 4.79 Å². The van der Waals surface area contributed by atoms with E-state index in [0.29, 0.717) is 31.3 Å². The molecule has 132 valence electrons. The van der Waals surface area contributed by atoms with Gasteiger partial charge in [-0.05, 0) is 38.4 Å². The van der Waals surface area contributed by atoms with E-state index in [1.165, 1.54) is 0 Å². The van der Waals surface area contributed by atoms with Gasteiger partial charge in [0.1, 0.15) is 13.2 Å².